The molecule has 21 heavy (non-hydrogen) atoms. The fourth-order valence-corrected chi connectivity index (χ4v) is 3.87. The van der Waals surface area contributed by atoms with Crippen LogP contribution in [-0.4, -0.2) is 15.8 Å². The van der Waals surface area contributed by atoms with E-state index in [2.05, 4.69) is 33.5 Å². The third-order valence-corrected chi connectivity index (χ3v) is 4.81. The molecule has 1 atom stereocenters. The molecular formula is C17H18N2OS. The molecule has 0 aliphatic carbocycles. The molecular weight excluding hydrogens is 280 g/mol. The van der Waals surface area contributed by atoms with Gasteiger partial charge in [0.05, 0.1) is 5.92 Å². The molecule has 0 saturated heterocycles. The van der Waals surface area contributed by atoms with Gasteiger partial charge in [-0.05, 0) is 49.9 Å². The van der Waals surface area contributed by atoms with Crippen LogP contribution in [0.1, 0.15) is 50.7 Å². The molecule has 0 aromatic carbocycles. The van der Waals surface area contributed by atoms with Crippen LogP contribution in [-0.2, 0) is 0 Å². The zero-order valence-electron chi connectivity index (χ0n) is 12.4. The first-order valence-electron chi connectivity index (χ1n) is 6.96. The highest BCUT2D eigenvalue weighted by molar-refractivity contribution is 7.10. The number of carbonyl (C=O) groups is 1. The summed E-state index contributed by atoms with van der Waals surface area (Å²) in [5.41, 5.74) is 5.05. The number of hydrogen-bond acceptors (Lipinski definition) is 2. The maximum atomic E-state index is 11.9. The maximum absolute atomic E-state index is 11.9. The van der Waals surface area contributed by atoms with Gasteiger partial charge in [0, 0.05) is 33.7 Å². The highest BCUT2D eigenvalue weighted by Gasteiger charge is 2.25. The van der Waals surface area contributed by atoms with Gasteiger partial charge in [-0.25, -0.2) is 0 Å². The number of H-pyrrole nitrogens is 2. The zero-order valence-corrected chi connectivity index (χ0v) is 13.2. The van der Waals surface area contributed by atoms with E-state index in [1.54, 1.807) is 18.3 Å². The third kappa shape index (κ3) is 2.36. The van der Waals surface area contributed by atoms with Crippen LogP contribution in [0.3, 0.4) is 0 Å². The summed E-state index contributed by atoms with van der Waals surface area (Å²) in [4.78, 5) is 19.9. The lowest BCUT2D eigenvalue weighted by molar-refractivity contribution is 0.101. The SMILES string of the molecule is CC(=O)c1c(C)[nH]c(C(c2ccc[nH]2)c2cccs2)c1C. The Morgan fingerprint density at radius 1 is 1.24 bits per heavy atom. The molecule has 0 aliphatic rings. The number of aryl methyl sites for hydroxylation is 1. The summed E-state index contributed by atoms with van der Waals surface area (Å²) < 4.78 is 0. The van der Waals surface area contributed by atoms with Crippen molar-refractivity contribution in [3.63, 3.8) is 0 Å². The predicted molar refractivity (Wildman–Crippen MR) is 86.3 cm³/mol. The highest BCUT2D eigenvalue weighted by atomic mass is 32.1. The van der Waals surface area contributed by atoms with Crippen molar-refractivity contribution in [3.8, 4) is 0 Å². The zero-order chi connectivity index (χ0) is 15.0. The molecule has 3 aromatic heterocycles. The third-order valence-electron chi connectivity index (χ3n) is 3.88. The van der Waals surface area contributed by atoms with Crippen molar-refractivity contribution >= 4 is 17.1 Å². The van der Waals surface area contributed by atoms with Crippen LogP contribution in [0.5, 0.6) is 0 Å². The van der Waals surface area contributed by atoms with Crippen LogP contribution in [0.4, 0.5) is 0 Å². The van der Waals surface area contributed by atoms with Gasteiger partial charge >= 0.3 is 0 Å². The molecule has 3 rings (SSSR count). The minimum Gasteiger partial charge on any atom is -0.364 e. The second-order valence-corrected chi connectivity index (χ2v) is 6.27. The van der Waals surface area contributed by atoms with Gasteiger partial charge in [-0.1, -0.05) is 6.07 Å². The van der Waals surface area contributed by atoms with Crippen molar-refractivity contribution in [1.29, 1.82) is 0 Å². The number of rotatable bonds is 4. The second kappa shape index (κ2) is 5.37. The van der Waals surface area contributed by atoms with Gasteiger partial charge in [-0.15, -0.1) is 11.3 Å². The van der Waals surface area contributed by atoms with Gasteiger partial charge in [0.1, 0.15) is 0 Å². The van der Waals surface area contributed by atoms with E-state index in [1.807, 2.05) is 26.1 Å². The molecule has 1 unspecified atom stereocenters. The van der Waals surface area contributed by atoms with E-state index in [0.29, 0.717) is 0 Å². The van der Waals surface area contributed by atoms with Crippen molar-refractivity contribution in [2.24, 2.45) is 0 Å². The minimum atomic E-state index is 0.115. The van der Waals surface area contributed by atoms with E-state index < -0.39 is 0 Å². The number of carbonyl (C=O) groups excluding carboxylic acids is 1. The van der Waals surface area contributed by atoms with Crippen LogP contribution >= 0.6 is 11.3 Å². The Hall–Kier alpha value is -2.07. The van der Waals surface area contributed by atoms with Gasteiger partial charge in [-0.3, -0.25) is 4.79 Å². The van der Waals surface area contributed by atoms with Crippen LogP contribution in [0.15, 0.2) is 35.8 Å². The summed E-state index contributed by atoms with van der Waals surface area (Å²) in [5, 5.41) is 2.09. The van der Waals surface area contributed by atoms with E-state index >= 15 is 0 Å². The minimum absolute atomic E-state index is 0.115. The van der Waals surface area contributed by atoms with Crippen molar-refractivity contribution < 1.29 is 4.79 Å². The van der Waals surface area contributed by atoms with Gasteiger partial charge in [0.25, 0.3) is 0 Å². The number of Topliss-reactive ketones (excluding diaryl/α,β-unsaturated/α-hetero) is 1. The highest BCUT2D eigenvalue weighted by Crippen LogP contribution is 2.36. The summed E-state index contributed by atoms with van der Waals surface area (Å²) in [5.74, 6) is 0.232. The Bertz CT molecular complexity index is 717. The van der Waals surface area contributed by atoms with Crippen LogP contribution < -0.4 is 0 Å². The van der Waals surface area contributed by atoms with Crippen molar-refractivity contribution in [3.05, 3.63) is 68.9 Å². The lowest BCUT2D eigenvalue weighted by atomic mass is 9.95. The average Bonchev–Trinajstić information content (AvgIpc) is 3.14. The molecule has 3 aromatic rings. The van der Waals surface area contributed by atoms with E-state index in [9.17, 15) is 4.79 Å². The van der Waals surface area contributed by atoms with Gasteiger partial charge < -0.3 is 9.97 Å². The normalized spacial score (nSPS) is 12.5. The van der Waals surface area contributed by atoms with Crippen molar-refractivity contribution in [2.75, 3.05) is 0 Å². The first-order valence-corrected chi connectivity index (χ1v) is 7.84. The predicted octanol–water partition coefficient (Wildman–Crippen LogP) is 4.40. The topological polar surface area (TPSA) is 48.6 Å². The maximum Gasteiger partial charge on any atom is 0.161 e. The van der Waals surface area contributed by atoms with E-state index in [1.165, 1.54) is 4.88 Å². The lowest BCUT2D eigenvalue weighted by Crippen LogP contribution is -2.04. The monoisotopic (exact) mass is 298 g/mol. The first kappa shape index (κ1) is 13.9. The van der Waals surface area contributed by atoms with Crippen molar-refractivity contribution in [1.82, 2.24) is 9.97 Å². The quantitative estimate of drug-likeness (QED) is 0.689. The first-order chi connectivity index (χ1) is 10.1. The van der Waals surface area contributed by atoms with E-state index in [4.69, 9.17) is 0 Å². The molecule has 0 saturated carbocycles. The number of aromatic nitrogens is 2. The lowest BCUT2D eigenvalue weighted by Gasteiger charge is -2.14. The molecule has 2 N–H and O–H groups in total. The fraction of sp³-hybridized carbons (Fsp3) is 0.235. The molecule has 0 fully saturated rings. The van der Waals surface area contributed by atoms with Gasteiger partial charge in [0.2, 0.25) is 0 Å². The molecule has 0 aliphatic heterocycles. The molecule has 0 radical (unpaired) electrons. The number of nitrogens with one attached hydrogen (secondary N) is 2. The average molecular weight is 298 g/mol. The Kier molecular flexibility index (Phi) is 3.55. The molecule has 0 spiro atoms. The standard InChI is InChI=1S/C17H18N2OS/c1-10-15(12(3)20)11(2)19-17(10)16(13-6-4-8-18-13)14-7-5-9-21-14/h4-9,16,18-19H,1-3H3. The van der Waals surface area contributed by atoms with Gasteiger partial charge in [0.15, 0.2) is 5.78 Å². The molecule has 0 bridgehead atoms. The summed E-state index contributed by atoms with van der Waals surface area (Å²) in [7, 11) is 0. The molecule has 0 amide bonds. The molecule has 3 heterocycles. The second-order valence-electron chi connectivity index (χ2n) is 5.29. The summed E-state index contributed by atoms with van der Waals surface area (Å²) >= 11 is 1.73. The molecule has 3 nitrogen and oxygen atoms in total. The Balaban J connectivity index is 2.19. The smallest absolute Gasteiger partial charge is 0.161 e. The van der Waals surface area contributed by atoms with Crippen molar-refractivity contribution in [2.45, 2.75) is 26.7 Å². The number of ketones is 1. The van der Waals surface area contributed by atoms with Crippen LogP contribution in [0.2, 0.25) is 0 Å². The summed E-state index contributed by atoms with van der Waals surface area (Å²) in [6, 6.07) is 8.30. The van der Waals surface area contributed by atoms with Crippen LogP contribution in [0.25, 0.3) is 0 Å². The molecule has 4 heteroatoms. The Morgan fingerprint density at radius 3 is 2.57 bits per heavy atom. The molecule has 108 valence electrons. The summed E-state index contributed by atoms with van der Waals surface area (Å²) in [6.07, 6.45) is 1.94. The number of thiophene rings is 1. The Morgan fingerprint density at radius 2 is 2.05 bits per heavy atom. The summed E-state index contributed by atoms with van der Waals surface area (Å²) in [6.45, 7) is 5.62. The Labute approximate surface area is 128 Å². The van der Waals surface area contributed by atoms with E-state index in [-0.39, 0.29) is 11.7 Å². The largest absolute Gasteiger partial charge is 0.364 e. The number of hydrogen-bond donors (Lipinski definition) is 2. The fourth-order valence-electron chi connectivity index (χ4n) is 3.02. The van der Waals surface area contributed by atoms with Crippen LogP contribution in [0, 0.1) is 13.8 Å². The van der Waals surface area contributed by atoms with E-state index in [0.717, 1.165) is 28.2 Å². The van der Waals surface area contributed by atoms with Gasteiger partial charge in [-0.2, -0.15) is 0 Å². The number of aromatic amines is 2.